The van der Waals surface area contributed by atoms with Gasteiger partial charge in [-0.2, -0.15) is 0 Å². The highest BCUT2D eigenvalue weighted by atomic mass is 79.9. The average molecular weight is 256 g/mol. The molecule has 0 spiro atoms. The zero-order valence-corrected chi connectivity index (χ0v) is 7.58. The van der Waals surface area contributed by atoms with Crippen molar-refractivity contribution in [3.8, 4) is 0 Å². The largest absolute Gasteiger partial charge is 0.254 e. The Kier molecular flexibility index (Phi) is 2.62. The molecule has 50 valence electrons. The van der Waals surface area contributed by atoms with Gasteiger partial charge in [0.2, 0.25) is 0 Å². The molecule has 0 amide bonds. The summed E-state index contributed by atoms with van der Waals surface area (Å²) >= 11 is 6.29. The number of nitrogens with zero attached hydrogens (tertiary/aromatic N) is 4. The summed E-state index contributed by atoms with van der Waals surface area (Å²) in [5, 5.41) is 1.74. The number of rotatable bonds is 1. The van der Waals surface area contributed by atoms with Crippen LogP contribution in [0.2, 0.25) is 0 Å². The van der Waals surface area contributed by atoms with Crippen LogP contribution in [0.4, 0.5) is 0 Å². The van der Waals surface area contributed by atoms with Crippen LogP contribution in [0.25, 0.3) is 0 Å². The van der Waals surface area contributed by atoms with E-state index < -0.39 is 0 Å². The van der Waals surface area contributed by atoms with Gasteiger partial charge in [-0.05, 0) is 0 Å². The molecule has 9 heavy (non-hydrogen) atoms. The molecule has 1 aliphatic heterocycles. The van der Waals surface area contributed by atoms with Crippen LogP contribution >= 0.6 is 32.3 Å². The maximum absolute atomic E-state index is 3.88. The molecule has 0 aromatic carbocycles. The van der Waals surface area contributed by atoms with Gasteiger partial charge >= 0.3 is 0 Å². The second-order valence-electron chi connectivity index (χ2n) is 1.36. The van der Waals surface area contributed by atoms with Gasteiger partial charge in [0, 0.05) is 32.3 Å². The van der Waals surface area contributed by atoms with Gasteiger partial charge in [-0.3, -0.25) is 10.0 Å². The normalized spacial score (nSPS) is 17.4. The van der Waals surface area contributed by atoms with Crippen molar-refractivity contribution in [1.29, 1.82) is 0 Å². The number of aliphatic imine (C=N–C) groups is 2. The minimum absolute atomic E-state index is 0.583. The molecule has 0 saturated heterocycles. The van der Waals surface area contributed by atoms with Gasteiger partial charge in [-0.15, -0.1) is 0 Å². The van der Waals surface area contributed by atoms with Crippen molar-refractivity contribution in [1.82, 2.24) is 8.07 Å². The van der Waals surface area contributed by atoms with E-state index in [1.807, 2.05) is 0 Å². The number of hydrazine groups is 1. The van der Waals surface area contributed by atoms with Crippen LogP contribution in [0.15, 0.2) is 9.98 Å². The summed E-state index contributed by atoms with van der Waals surface area (Å²) in [6.07, 6.45) is 3.16. The van der Waals surface area contributed by atoms with E-state index >= 15 is 0 Å². The van der Waals surface area contributed by atoms with Crippen molar-refractivity contribution in [2.45, 2.75) is 0 Å². The van der Waals surface area contributed by atoms with Crippen LogP contribution in [0.1, 0.15) is 0 Å². The minimum atomic E-state index is 0.583. The molecular weight excluding hydrogens is 252 g/mol. The topological polar surface area (TPSA) is 31.2 Å². The summed E-state index contributed by atoms with van der Waals surface area (Å²) in [6, 6.07) is 0. The molecule has 0 bridgehead atoms. The average Bonchev–Trinajstić information content (AvgIpc) is 1.90. The molecule has 4 nitrogen and oxygen atoms in total. The lowest BCUT2D eigenvalue weighted by Crippen LogP contribution is -2.29. The highest BCUT2D eigenvalue weighted by Crippen LogP contribution is 2.09. The third kappa shape index (κ3) is 2.04. The van der Waals surface area contributed by atoms with E-state index in [9.17, 15) is 0 Å². The van der Waals surface area contributed by atoms with Crippen molar-refractivity contribution in [2.24, 2.45) is 9.98 Å². The van der Waals surface area contributed by atoms with Gasteiger partial charge < -0.3 is 0 Å². The summed E-state index contributed by atoms with van der Waals surface area (Å²) in [5.74, 6) is 0. The molecule has 0 radical (unpaired) electrons. The number of hydrogen-bond donors (Lipinski definition) is 0. The Hall–Kier alpha value is 0.0600. The van der Waals surface area contributed by atoms with E-state index in [1.165, 1.54) is 6.34 Å². The molecule has 6 heteroatoms. The van der Waals surface area contributed by atoms with Crippen molar-refractivity contribution >= 4 is 45.0 Å². The third-order valence-corrected chi connectivity index (χ3v) is 1.58. The molecule has 1 heterocycles. The maximum Gasteiger partial charge on any atom is 0.129 e. The summed E-state index contributed by atoms with van der Waals surface area (Å²) in [5.41, 5.74) is 0. The first-order valence-electron chi connectivity index (χ1n) is 2.20. The molecule has 0 N–H and O–H groups in total. The van der Waals surface area contributed by atoms with E-state index in [-0.39, 0.29) is 0 Å². The Balaban J connectivity index is 2.46. The second kappa shape index (κ2) is 3.28. The Morgan fingerprint density at radius 2 is 2.33 bits per heavy atom. The van der Waals surface area contributed by atoms with Crippen LogP contribution in [0, 0.1) is 0 Å². The van der Waals surface area contributed by atoms with Crippen LogP contribution in [0.3, 0.4) is 0 Å². The van der Waals surface area contributed by atoms with Crippen molar-refractivity contribution in [2.75, 3.05) is 6.67 Å². The molecular formula is C3H4Br2N4. The molecule has 0 atom stereocenters. The van der Waals surface area contributed by atoms with Gasteiger partial charge in [-0.25, -0.2) is 4.99 Å². The molecule has 1 rings (SSSR count). The summed E-state index contributed by atoms with van der Waals surface area (Å²) in [6.45, 7) is 0.583. The zero-order valence-electron chi connectivity index (χ0n) is 4.41. The standard InChI is InChI=1S/C3H4Br2N4/c4-9(5)8-2-6-1-7-3-8/h1-2H,3H2. The van der Waals surface area contributed by atoms with Crippen LogP contribution < -0.4 is 0 Å². The van der Waals surface area contributed by atoms with Crippen molar-refractivity contribution in [3.63, 3.8) is 0 Å². The number of hydrogen-bond acceptors (Lipinski definition) is 4. The second-order valence-corrected chi connectivity index (χ2v) is 3.65. The van der Waals surface area contributed by atoms with E-state index in [4.69, 9.17) is 0 Å². The fourth-order valence-corrected chi connectivity index (χ4v) is 0.762. The first-order chi connectivity index (χ1) is 4.30. The molecule has 0 aromatic rings. The Labute approximate surface area is 69.9 Å². The Morgan fingerprint density at radius 1 is 1.56 bits per heavy atom. The first kappa shape index (κ1) is 7.17. The number of halogens is 2. The minimum Gasteiger partial charge on any atom is -0.254 e. The first-order valence-corrected chi connectivity index (χ1v) is 3.62. The van der Waals surface area contributed by atoms with Crippen molar-refractivity contribution < 1.29 is 0 Å². The van der Waals surface area contributed by atoms with Crippen LogP contribution in [-0.4, -0.2) is 27.4 Å². The maximum atomic E-state index is 3.88. The smallest absolute Gasteiger partial charge is 0.129 e. The summed E-state index contributed by atoms with van der Waals surface area (Å²) in [7, 11) is 0. The molecule has 0 aromatic heterocycles. The highest BCUT2D eigenvalue weighted by molar-refractivity contribution is 9.21. The molecule has 0 unspecified atom stereocenters. The lowest BCUT2D eigenvalue weighted by Gasteiger charge is -2.20. The van der Waals surface area contributed by atoms with Gasteiger partial charge in [-0.1, -0.05) is 3.06 Å². The Morgan fingerprint density at radius 3 is 2.67 bits per heavy atom. The predicted molar refractivity (Wildman–Crippen MR) is 43.4 cm³/mol. The van der Waals surface area contributed by atoms with E-state index in [1.54, 1.807) is 14.4 Å². The summed E-state index contributed by atoms with van der Waals surface area (Å²) < 4.78 is 1.56. The quantitative estimate of drug-likeness (QED) is 0.659. The Bertz CT molecular complexity index is 143. The fraction of sp³-hybridized carbons (Fsp3) is 0.333. The lowest BCUT2D eigenvalue weighted by atomic mass is 10.9. The van der Waals surface area contributed by atoms with E-state index in [2.05, 4.69) is 42.3 Å². The van der Waals surface area contributed by atoms with Crippen LogP contribution in [0.5, 0.6) is 0 Å². The third-order valence-electron chi connectivity index (χ3n) is 0.769. The molecule has 0 saturated carbocycles. The lowest BCUT2D eigenvalue weighted by molar-refractivity contribution is 0.316. The van der Waals surface area contributed by atoms with Gasteiger partial charge in [0.15, 0.2) is 0 Å². The van der Waals surface area contributed by atoms with Gasteiger partial charge in [0.05, 0.1) is 0 Å². The van der Waals surface area contributed by atoms with E-state index in [0.29, 0.717) is 6.67 Å². The van der Waals surface area contributed by atoms with Crippen molar-refractivity contribution in [3.05, 3.63) is 0 Å². The fourth-order valence-electron chi connectivity index (χ4n) is 0.397. The highest BCUT2D eigenvalue weighted by Gasteiger charge is 2.04. The zero-order chi connectivity index (χ0) is 6.69. The molecule has 0 fully saturated rings. The van der Waals surface area contributed by atoms with Gasteiger partial charge in [0.25, 0.3) is 0 Å². The van der Waals surface area contributed by atoms with E-state index in [0.717, 1.165) is 0 Å². The van der Waals surface area contributed by atoms with Crippen LogP contribution in [-0.2, 0) is 0 Å². The summed E-state index contributed by atoms with van der Waals surface area (Å²) in [4.78, 5) is 7.67. The SMILES string of the molecule is BrN(Br)N1C=NC=NC1. The molecule has 1 aliphatic rings. The predicted octanol–water partition coefficient (Wildman–Crippen LogP) is 1.15. The monoisotopic (exact) mass is 254 g/mol. The molecule has 0 aliphatic carbocycles. The van der Waals surface area contributed by atoms with Gasteiger partial charge in [0.1, 0.15) is 19.3 Å².